The Hall–Kier alpha value is -1.92. The molecule has 0 radical (unpaired) electrons. The summed E-state index contributed by atoms with van der Waals surface area (Å²) in [5, 5.41) is 27.2. The monoisotopic (exact) mass is 265 g/mol. The van der Waals surface area contributed by atoms with Gasteiger partial charge in [0, 0.05) is 18.7 Å². The van der Waals surface area contributed by atoms with Crippen LogP contribution in [-0.4, -0.2) is 33.7 Å². The maximum atomic E-state index is 11.8. The van der Waals surface area contributed by atoms with E-state index >= 15 is 0 Å². The Labute approximate surface area is 109 Å². The SMILES string of the molecule is O=C(O)C1CC(=O)N(c2cc(CO)cc(CO)c2)C1. The van der Waals surface area contributed by atoms with Gasteiger partial charge in [0.1, 0.15) is 0 Å². The summed E-state index contributed by atoms with van der Waals surface area (Å²) in [6, 6.07) is 4.89. The van der Waals surface area contributed by atoms with Crippen LogP contribution >= 0.6 is 0 Å². The summed E-state index contributed by atoms with van der Waals surface area (Å²) >= 11 is 0. The Morgan fingerprint density at radius 2 is 1.79 bits per heavy atom. The van der Waals surface area contributed by atoms with Gasteiger partial charge in [-0.15, -0.1) is 0 Å². The van der Waals surface area contributed by atoms with Crippen LogP contribution < -0.4 is 4.90 Å². The number of aliphatic hydroxyl groups is 2. The molecule has 1 heterocycles. The lowest BCUT2D eigenvalue weighted by Gasteiger charge is -2.18. The number of benzene rings is 1. The molecule has 19 heavy (non-hydrogen) atoms. The summed E-state index contributed by atoms with van der Waals surface area (Å²) < 4.78 is 0. The molecule has 3 N–H and O–H groups in total. The number of carboxylic acid groups (broad SMARTS) is 1. The molecular weight excluding hydrogens is 250 g/mol. The minimum absolute atomic E-state index is 0.0207. The van der Waals surface area contributed by atoms with Crippen LogP contribution in [0.15, 0.2) is 18.2 Å². The number of carboxylic acids is 1. The fourth-order valence-electron chi connectivity index (χ4n) is 2.20. The van der Waals surface area contributed by atoms with E-state index in [9.17, 15) is 9.59 Å². The number of amides is 1. The van der Waals surface area contributed by atoms with Crippen LogP contribution in [0.5, 0.6) is 0 Å². The van der Waals surface area contributed by atoms with Crippen LogP contribution in [-0.2, 0) is 22.8 Å². The van der Waals surface area contributed by atoms with E-state index in [1.807, 2.05) is 0 Å². The molecule has 1 unspecified atom stereocenters. The van der Waals surface area contributed by atoms with Gasteiger partial charge in [-0.3, -0.25) is 9.59 Å². The van der Waals surface area contributed by atoms with E-state index in [-0.39, 0.29) is 32.1 Å². The topological polar surface area (TPSA) is 98.1 Å². The highest BCUT2D eigenvalue weighted by atomic mass is 16.4. The summed E-state index contributed by atoms with van der Waals surface area (Å²) in [5.74, 6) is -1.95. The van der Waals surface area contributed by atoms with Gasteiger partial charge in [-0.1, -0.05) is 6.07 Å². The molecule has 0 bridgehead atoms. The molecule has 1 amide bonds. The summed E-state index contributed by atoms with van der Waals surface area (Å²) in [7, 11) is 0. The standard InChI is InChI=1S/C13H15NO5/c15-6-8-1-9(7-16)3-11(2-8)14-5-10(13(18)19)4-12(14)17/h1-3,10,15-16H,4-7H2,(H,18,19). The molecule has 6 heteroatoms. The smallest absolute Gasteiger partial charge is 0.308 e. The highest BCUT2D eigenvalue weighted by molar-refractivity contribution is 5.99. The molecule has 102 valence electrons. The first kappa shape index (κ1) is 13.5. The van der Waals surface area contributed by atoms with Crippen molar-refractivity contribution in [1.82, 2.24) is 0 Å². The second kappa shape index (κ2) is 5.38. The number of carbonyl (C=O) groups excluding carboxylic acids is 1. The number of hydrogen-bond acceptors (Lipinski definition) is 4. The summed E-state index contributed by atoms with van der Waals surface area (Å²) in [4.78, 5) is 24.1. The fourth-order valence-corrected chi connectivity index (χ4v) is 2.20. The van der Waals surface area contributed by atoms with E-state index in [2.05, 4.69) is 0 Å². The van der Waals surface area contributed by atoms with Gasteiger partial charge >= 0.3 is 5.97 Å². The van der Waals surface area contributed by atoms with Crippen molar-refractivity contribution in [3.63, 3.8) is 0 Å². The minimum Gasteiger partial charge on any atom is -0.481 e. The van der Waals surface area contributed by atoms with Gasteiger partial charge < -0.3 is 20.2 Å². The van der Waals surface area contributed by atoms with E-state index in [4.69, 9.17) is 15.3 Å². The molecule has 0 aliphatic carbocycles. The molecular formula is C13H15NO5. The zero-order valence-corrected chi connectivity index (χ0v) is 10.2. The van der Waals surface area contributed by atoms with E-state index in [0.29, 0.717) is 16.8 Å². The number of anilines is 1. The number of rotatable bonds is 4. The van der Waals surface area contributed by atoms with Crippen LogP contribution in [0.25, 0.3) is 0 Å². The van der Waals surface area contributed by atoms with Crippen LogP contribution in [0.4, 0.5) is 5.69 Å². The molecule has 1 aliphatic rings. The normalized spacial score (nSPS) is 18.9. The van der Waals surface area contributed by atoms with Crippen molar-refractivity contribution < 1.29 is 24.9 Å². The lowest BCUT2D eigenvalue weighted by Crippen LogP contribution is -2.26. The third-order valence-electron chi connectivity index (χ3n) is 3.19. The molecule has 0 aromatic heterocycles. The van der Waals surface area contributed by atoms with E-state index in [1.165, 1.54) is 4.90 Å². The molecule has 1 aliphatic heterocycles. The van der Waals surface area contributed by atoms with Crippen molar-refractivity contribution in [2.24, 2.45) is 5.92 Å². The molecule has 1 fully saturated rings. The van der Waals surface area contributed by atoms with Crippen molar-refractivity contribution in [2.75, 3.05) is 11.4 Å². The Balaban J connectivity index is 2.31. The van der Waals surface area contributed by atoms with Gasteiger partial charge in [0.15, 0.2) is 0 Å². The zero-order valence-electron chi connectivity index (χ0n) is 10.2. The molecule has 2 rings (SSSR count). The van der Waals surface area contributed by atoms with Crippen molar-refractivity contribution >= 4 is 17.6 Å². The number of aliphatic carboxylic acids is 1. The molecule has 6 nitrogen and oxygen atoms in total. The second-order valence-corrected chi connectivity index (χ2v) is 4.57. The van der Waals surface area contributed by atoms with Crippen molar-refractivity contribution in [3.05, 3.63) is 29.3 Å². The largest absolute Gasteiger partial charge is 0.481 e. The van der Waals surface area contributed by atoms with Crippen LogP contribution in [0.2, 0.25) is 0 Å². The molecule has 1 saturated heterocycles. The summed E-state index contributed by atoms with van der Waals surface area (Å²) in [6.45, 7) is -0.287. The summed E-state index contributed by atoms with van der Waals surface area (Å²) in [6.07, 6.45) is -0.0207. The van der Waals surface area contributed by atoms with Gasteiger partial charge in [-0.2, -0.15) is 0 Å². The Morgan fingerprint density at radius 1 is 1.21 bits per heavy atom. The molecule has 1 aromatic carbocycles. The van der Waals surface area contributed by atoms with Gasteiger partial charge in [0.25, 0.3) is 0 Å². The van der Waals surface area contributed by atoms with Gasteiger partial charge in [-0.25, -0.2) is 0 Å². The van der Waals surface area contributed by atoms with Gasteiger partial charge in [0.2, 0.25) is 5.91 Å². The van der Waals surface area contributed by atoms with E-state index in [0.717, 1.165) is 0 Å². The Kier molecular flexibility index (Phi) is 3.82. The molecule has 1 atom stereocenters. The summed E-state index contributed by atoms with van der Waals surface area (Å²) in [5.41, 5.74) is 1.67. The molecule has 1 aromatic rings. The van der Waals surface area contributed by atoms with Crippen molar-refractivity contribution in [2.45, 2.75) is 19.6 Å². The maximum absolute atomic E-state index is 11.8. The third-order valence-corrected chi connectivity index (χ3v) is 3.19. The highest BCUT2D eigenvalue weighted by Gasteiger charge is 2.35. The number of carbonyl (C=O) groups is 2. The molecule has 0 spiro atoms. The lowest BCUT2D eigenvalue weighted by molar-refractivity contribution is -0.141. The average Bonchev–Trinajstić information content (AvgIpc) is 2.80. The predicted molar refractivity (Wildman–Crippen MR) is 66.4 cm³/mol. The highest BCUT2D eigenvalue weighted by Crippen LogP contribution is 2.27. The first-order valence-corrected chi connectivity index (χ1v) is 5.93. The van der Waals surface area contributed by atoms with Crippen LogP contribution in [0, 0.1) is 5.92 Å². The zero-order chi connectivity index (χ0) is 14.0. The quantitative estimate of drug-likeness (QED) is 0.717. The van der Waals surface area contributed by atoms with Crippen LogP contribution in [0.1, 0.15) is 17.5 Å². The van der Waals surface area contributed by atoms with E-state index < -0.39 is 11.9 Å². The van der Waals surface area contributed by atoms with Gasteiger partial charge in [-0.05, 0) is 23.3 Å². The average molecular weight is 265 g/mol. The van der Waals surface area contributed by atoms with Crippen molar-refractivity contribution in [1.29, 1.82) is 0 Å². The second-order valence-electron chi connectivity index (χ2n) is 4.57. The Bertz CT molecular complexity index is 492. The lowest BCUT2D eigenvalue weighted by atomic mass is 10.1. The van der Waals surface area contributed by atoms with Gasteiger partial charge in [0.05, 0.1) is 19.1 Å². The van der Waals surface area contributed by atoms with Crippen molar-refractivity contribution in [3.8, 4) is 0 Å². The first-order chi connectivity index (χ1) is 9.05. The molecule has 0 saturated carbocycles. The fraction of sp³-hybridized carbons (Fsp3) is 0.385. The van der Waals surface area contributed by atoms with Crippen LogP contribution in [0.3, 0.4) is 0 Å². The Morgan fingerprint density at radius 3 is 2.21 bits per heavy atom. The minimum atomic E-state index is -0.989. The number of nitrogens with zero attached hydrogens (tertiary/aromatic N) is 1. The first-order valence-electron chi connectivity index (χ1n) is 5.93. The predicted octanol–water partition coefficient (Wildman–Crippen LogP) is 0.109. The number of aliphatic hydroxyl groups excluding tert-OH is 2. The maximum Gasteiger partial charge on any atom is 0.308 e. The third kappa shape index (κ3) is 2.74. The number of hydrogen-bond donors (Lipinski definition) is 3. The van der Waals surface area contributed by atoms with E-state index in [1.54, 1.807) is 18.2 Å².